The molecule has 226 valence electrons. The normalized spacial score (nSPS) is 19.4. The number of hydrogen-bond donors (Lipinski definition) is 2. The van der Waals surface area contributed by atoms with Gasteiger partial charge >= 0.3 is 12.1 Å². The molecule has 2 heterocycles. The lowest BCUT2D eigenvalue weighted by atomic mass is 9.82. The zero-order valence-electron chi connectivity index (χ0n) is 23.6. The fraction of sp³-hybridized carbons (Fsp3) is 0.483. The van der Waals surface area contributed by atoms with Crippen molar-refractivity contribution in [1.82, 2.24) is 19.6 Å². The van der Waals surface area contributed by atoms with Gasteiger partial charge in [-0.3, -0.25) is 4.79 Å². The maximum Gasteiger partial charge on any atom is 0.471 e. The largest absolute Gasteiger partial charge is 0.471 e. The van der Waals surface area contributed by atoms with Crippen LogP contribution in [0.1, 0.15) is 36.8 Å². The number of halogens is 3. The molecule has 1 amide bonds. The predicted octanol–water partition coefficient (Wildman–Crippen LogP) is 4.34. The van der Waals surface area contributed by atoms with Gasteiger partial charge < -0.3 is 15.1 Å². The van der Waals surface area contributed by atoms with E-state index in [2.05, 4.69) is 15.0 Å². The molecule has 1 aliphatic carbocycles. The first-order chi connectivity index (χ1) is 19.9. The second-order valence-corrected chi connectivity index (χ2v) is 13.1. The van der Waals surface area contributed by atoms with E-state index in [1.807, 2.05) is 43.3 Å². The van der Waals surface area contributed by atoms with Crippen molar-refractivity contribution < 1.29 is 26.4 Å². The van der Waals surface area contributed by atoms with Crippen LogP contribution in [0.5, 0.6) is 0 Å². The number of nitrogens with one attached hydrogen (secondary N) is 2. The zero-order chi connectivity index (χ0) is 30.1. The summed E-state index contributed by atoms with van der Waals surface area (Å²) in [7, 11) is 0.0478. The summed E-state index contributed by atoms with van der Waals surface area (Å²) in [6.45, 7) is 0.695. The van der Waals surface area contributed by atoms with Crippen LogP contribution in [-0.4, -0.2) is 69.1 Å². The lowest BCUT2D eigenvalue weighted by molar-refractivity contribution is -0.186. The fourth-order valence-corrected chi connectivity index (χ4v) is 6.89. The Hall–Kier alpha value is -3.45. The van der Waals surface area contributed by atoms with E-state index in [0.29, 0.717) is 22.3 Å². The minimum Gasteiger partial charge on any atom is -0.362 e. The molecule has 1 saturated carbocycles. The number of carbonyl (C=O) groups is 1. The van der Waals surface area contributed by atoms with E-state index in [1.54, 1.807) is 6.07 Å². The van der Waals surface area contributed by atoms with E-state index in [9.17, 15) is 26.4 Å². The van der Waals surface area contributed by atoms with E-state index >= 15 is 0 Å². The molecule has 42 heavy (non-hydrogen) atoms. The van der Waals surface area contributed by atoms with Crippen molar-refractivity contribution in [3.8, 4) is 0 Å². The molecule has 0 radical (unpaired) electrons. The van der Waals surface area contributed by atoms with Crippen LogP contribution >= 0.6 is 0 Å². The Balaban J connectivity index is 1.13. The molecule has 0 unspecified atom stereocenters. The van der Waals surface area contributed by atoms with Crippen LogP contribution in [0.4, 0.5) is 24.9 Å². The third-order valence-electron chi connectivity index (χ3n) is 8.11. The summed E-state index contributed by atoms with van der Waals surface area (Å²) in [5.74, 6) is 0.131. The van der Waals surface area contributed by atoms with Crippen LogP contribution in [0.3, 0.4) is 0 Å². The summed E-state index contributed by atoms with van der Waals surface area (Å²) in [6, 6.07) is 12.4. The Bertz CT molecular complexity index is 1560. The van der Waals surface area contributed by atoms with Gasteiger partial charge in [-0.1, -0.05) is 18.2 Å². The van der Waals surface area contributed by atoms with Crippen LogP contribution in [0.2, 0.25) is 0 Å². The Morgan fingerprint density at radius 3 is 2.38 bits per heavy atom. The third-order valence-corrected chi connectivity index (χ3v) is 9.54. The summed E-state index contributed by atoms with van der Waals surface area (Å²) < 4.78 is 67.4. The second-order valence-electron chi connectivity index (χ2n) is 11.3. The molecular formula is C29H35F3N6O3S. The van der Waals surface area contributed by atoms with E-state index in [0.717, 1.165) is 54.5 Å². The monoisotopic (exact) mass is 604 g/mol. The highest BCUT2D eigenvalue weighted by Gasteiger charge is 2.43. The van der Waals surface area contributed by atoms with Crippen LogP contribution in [0, 0.1) is 11.8 Å². The van der Waals surface area contributed by atoms with Gasteiger partial charge in [-0.25, -0.2) is 18.1 Å². The lowest BCUT2D eigenvalue weighted by Gasteiger charge is -2.30. The van der Waals surface area contributed by atoms with Crippen molar-refractivity contribution >= 4 is 38.6 Å². The average Bonchev–Trinajstić information content (AvgIpc) is 2.97. The summed E-state index contributed by atoms with van der Waals surface area (Å²) in [5.41, 5.74) is 2.04. The first-order valence-electron chi connectivity index (χ1n) is 14.1. The first-order valence-corrected chi connectivity index (χ1v) is 15.5. The molecule has 0 spiro atoms. The lowest BCUT2D eigenvalue weighted by Crippen LogP contribution is -2.43. The second kappa shape index (κ2) is 12.0. The van der Waals surface area contributed by atoms with Gasteiger partial charge in [-0.15, -0.1) is 0 Å². The van der Waals surface area contributed by atoms with Gasteiger partial charge in [0.1, 0.15) is 5.82 Å². The molecule has 1 fully saturated rings. The van der Waals surface area contributed by atoms with Crippen LogP contribution in [0.25, 0.3) is 10.9 Å². The number of amides is 1. The summed E-state index contributed by atoms with van der Waals surface area (Å²) in [6.07, 6.45) is -1.10. The smallest absolute Gasteiger partial charge is 0.362 e. The summed E-state index contributed by atoms with van der Waals surface area (Å²) in [4.78, 5) is 23.7. The molecule has 0 atom stereocenters. The highest BCUT2D eigenvalue weighted by Crippen LogP contribution is 2.30. The number of carbonyl (C=O) groups excluding carboxylic acids is 1. The van der Waals surface area contributed by atoms with Crippen LogP contribution in [-0.2, 0) is 27.8 Å². The number of nitrogens with zero attached hydrogens (tertiary/aromatic N) is 4. The number of para-hydroxylation sites is 1. The number of alkyl halides is 3. The van der Waals surface area contributed by atoms with Crippen molar-refractivity contribution in [2.45, 2.75) is 49.7 Å². The van der Waals surface area contributed by atoms with Gasteiger partial charge in [0.15, 0.2) is 0 Å². The molecule has 0 bridgehead atoms. The van der Waals surface area contributed by atoms with E-state index < -0.39 is 22.1 Å². The van der Waals surface area contributed by atoms with Gasteiger partial charge in [0.05, 0.1) is 10.4 Å². The van der Waals surface area contributed by atoms with Crippen molar-refractivity contribution in [2.24, 2.45) is 11.8 Å². The zero-order valence-corrected chi connectivity index (χ0v) is 24.4. The molecular weight excluding hydrogens is 569 g/mol. The molecule has 2 aromatic carbocycles. The van der Waals surface area contributed by atoms with Crippen molar-refractivity contribution in [2.75, 3.05) is 43.9 Å². The first kappa shape index (κ1) is 30.0. The number of rotatable bonds is 8. The molecule has 5 rings (SSSR count). The van der Waals surface area contributed by atoms with E-state index in [-0.39, 0.29) is 36.9 Å². The standard InChI is InChI=1S/C29H35F3N6O3S/c1-37(2)26-24-5-3-4-6-25(24)35-28(36-26)33-16-19-7-9-20(10-8-19)17-34-42(40,41)23-12-11-21-13-14-38(18-22(21)15-23)27(39)29(30,31)32/h3-6,11-12,15,19-20,34H,7-10,13-14,16-18H2,1-2H3,(H,33,35,36)/t19-,20-. The minimum absolute atomic E-state index is 0.00655. The molecule has 3 aromatic rings. The number of sulfonamides is 1. The fourth-order valence-electron chi connectivity index (χ4n) is 5.72. The molecule has 13 heteroatoms. The SMILES string of the molecule is CN(C)c1nc(NC[C@H]2CC[C@H](CNS(=O)(=O)c3ccc4c(c3)CN(C(=O)C(F)(F)F)CC4)CC2)nc2ccccc12. The summed E-state index contributed by atoms with van der Waals surface area (Å²) >= 11 is 0. The number of fused-ring (bicyclic) bond motifs is 2. The van der Waals surface area contributed by atoms with Gasteiger partial charge in [0.2, 0.25) is 16.0 Å². The maximum absolute atomic E-state index is 13.0. The number of hydrogen-bond acceptors (Lipinski definition) is 7. The van der Waals surface area contributed by atoms with Gasteiger partial charge in [-0.2, -0.15) is 18.2 Å². The van der Waals surface area contributed by atoms with Crippen LogP contribution < -0.4 is 14.9 Å². The summed E-state index contributed by atoms with van der Waals surface area (Å²) in [5, 5.41) is 4.38. The molecule has 2 aliphatic rings. The molecule has 1 aromatic heterocycles. The van der Waals surface area contributed by atoms with Gasteiger partial charge in [-0.05, 0) is 79.3 Å². The Morgan fingerprint density at radius 1 is 1.00 bits per heavy atom. The van der Waals surface area contributed by atoms with Gasteiger partial charge in [0, 0.05) is 45.7 Å². The van der Waals surface area contributed by atoms with E-state index in [4.69, 9.17) is 4.98 Å². The molecule has 9 nitrogen and oxygen atoms in total. The molecule has 0 saturated heterocycles. The number of aromatic nitrogens is 2. The third kappa shape index (κ3) is 6.78. The Kier molecular flexibility index (Phi) is 8.61. The predicted molar refractivity (Wildman–Crippen MR) is 155 cm³/mol. The highest BCUT2D eigenvalue weighted by molar-refractivity contribution is 7.89. The van der Waals surface area contributed by atoms with Crippen molar-refractivity contribution in [3.63, 3.8) is 0 Å². The average molecular weight is 605 g/mol. The maximum atomic E-state index is 13.0. The Morgan fingerprint density at radius 2 is 1.69 bits per heavy atom. The van der Waals surface area contributed by atoms with Crippen LogP contribution in [0.15, 0.2) is 47.4 Å². The number of benzene rings is 2. The van der Waals surface area contributed by atoms with Crippen molar-refractivity contribution in [1.29, 1.82) is 0 Å². The molecule has 1 aliphatic heterocycles. The van der Waals surface area contributed by atoms with Gasteiger partial charge in [0.25, 0.3) is 0 Å². The van der Waals surface area contributed by atoms with Crippen molar-refractivity contribution in [3.05, 3.63) is 53.6 Å². The minimum atomic E-state index is -4.96. The topological polar surface area (TPSA) is 108 Å². The Labute approximate surface area is 243 Å². The highest BCUT2D eigenvalue weighted by atomic mass is 32.2. The number of anilines is 2. The molecule has 2 N–H and O–H groups in total. The van der Waals surface area contributed by atoms with E-state index in [1.165, 1.54) is 12.1 Å². The quantitative estimate of drug-likeness (QED) is 0.394.